The van der Waals surface area contributed by atoms with E-state index >= 15 is 0 Å². The van der Waals surface area contributed by atoms with E-state index in [9.17, 15) is 9.59 Å². The largest absolute Gasteiger partial charge is 0.487 e. The molecule has 0 radical (unpaired) electrons. The Morgan fingerprint density at radius 3 is 2.22 bits per heavy atom. The lowest BCUT2D eigenvalue weighted by molar-refractivity contribution is -0.163. The molecule has 41 heavy (non-hydrogen) atoms. The first-order chi connectivity index (χ1) is 19.8. The average molecular weight is 579 g/mol. The number of rotatable bonds is 17. The zero-order valence-corrected chi connectivity index (χ0v) is 25.7. The lowest BCUT2D eigenvalue weighted by Crippen LogP contribution is -2.46. The normalized spacial score (nSPS) is 21.0. The fourth-order valence-electron chi connectivity index (χ4n) is 5.88. The lowest BCUT2D eigenvalue weighted by Gasteiger charge is -2.49. The van der Waals surface area contributed by atoms with Crippen LogP contribution in [0.15, 0.2) is 12.1 Å². The van der Waals surface area contributed by atoms with Crippen molar-refractivity contribution in [2.45, 2.75) is 84.2 Å². The Morgan fingerprint density at radius 2 is 1.56 bits per heavy atom. The van der Waals surface area contributed by atoms with Gasteiger partial charge in [0, 0.05) is 18.6 Å². The van der Waals surface area contributed by atoms with Crippen molar-refractivity contribution in [2.75, 3.05) is 60.0 Å². The highest BCUT2D eigenvalue weighted by Crippen LogP contribution is 2.55. The lowest BCUT2D eigenvalue weighted by atomic mass is 9.64. The molecule has 9 nitrogen and oxygen atoms in total. The monoisotopic (exact) mass is 578 g/mol. The first-order valence-corrected chi connectivity index (χ1v) is 15.2. The minimum absolute atomic E-state index is 0.0528. The van der Waals surface area contributed by atoms with Crippen LogP contribution in [0, 0.1) is 11.8 Å². The molecule has 1 aromatic carbocycles. The second-order valence-electron chi connectivity index (χ2n) is 11.7. The van der Waals surface area contributed by atoms with E-state index in [-0.39, 0.29) is 24.7 Å². The van der Waals surface area contributed by atoms with Gasteiger partial charge in [0.1, 0.15) is 23.7 Å². The molecule has 232 valence electrons. The van der Waals surface area contributed by atoms with Crippen molar-refractivity contribution in [3.8, 4) is 11.5 Å². The maximum Gasteiger partial charge on any atom is 0.422 e. The number of unbranched alkanes of at least 4 members (excludes halogenated alkanes) is 2. The van der Waals surface area contributed by atoms with Crippen molar-refractivity contribution in [1.82, 2.24) is 0 Å². The summed E-state index contributed by atoms with van der Waals surface area (Å²) in [5.41, 5.74) is 1.64. The molecular formula is C32H50O9. The van der Waals surface area contributed by atoms with Crippen LogP contribution in [0.5, 0.6) is 11.5 Å². The number of hydrogen-bond acceptors (Lipinski definition) is 9. The molecule has 0 amide bonds. The highest BCUT2D eigenvalue weighted by Gasteiger charge is 2.47. The van der Waals surface area contributed by atoms with E-state index in [0.29, 0.717) is 57.2 Å². The van der Waals surface area contributed by atoms with Crippen molar-refractivity contribution < 1.29 is 42.7 Å². The van der Waals surface area contributed by atoms with Crippen LogP contribution in [0.4, 0.5) is 0 Å². The summed E-state index contributed by atoms with van der Waals surface area (Å²) < 4.78 is 38.5. The van der Waals surface area contributed by atoms with Gasteiger partial charge in [-0.1, -0.05) is 33.1 Å². The fraction of sp³-hybridized carbons (Fsp3) is 0.750. The van der Waals surface area contributed by atoms with E-state index in [2.05, 4.69) is 33.8 Å². The van der Waals surface area contributed by atoms with Crippen LogP contribution in [0.25, 0.3) is 0 Å². The average Bonchev–Trinajstić information content (AvgIpc) is 2.93. The number of fused-ring (bicyclic) bond motifs is 3. The van der Waals surface area contributed by atoms with Gasteiger partial charge in [0.2, 0.25) is 0 Å². The zero-order chi connectivity index (χ0) is 29.7. The fourth-order valence-corrected chi connectivity index (χ4v) is 5.88. The standard InChI is InChI=1S/C32H50O9/c1-6-7-8-9-24-21-27(29-25-20-23(2)10-11-26(25)32(3,4)41-28(29)22-24)40-31(34)30(33)39-19-18-38-17-16-37-15-14-36-13-12-35-5/h21-23,25-26H,6-20H2,1-5H3/t23?,25-,26?/m1/s1. The first-order valence-electron chi connectivity index (χ1n) is 15.2. The maximum absolute atomic E-state index is 12.8. The van der Waals surface area contributed by atoms with Crippen LogP contribution in [0.3, 0.4) is 0 Å². The Bertz CT molecular complexity index is 961. The van der Waals surface area contributed by atoms with Crippen LogP contribution in [-0.2, 0) is 39.7 Å². The van der Waals surface area contributed by atoms with Crippen LogP contribution >= 0.6 is 0 Å². The molecule has 3 atom stereocenters. The number of carbonyl (C=O) groups excluding carboxylic acids is 2. The van der Waals surface area contributed by atoms with Gasteiger partial charge in [0.15, 0.2) is 0 Å². The van der Waals surface area contributed by atoms with Crippen molar-refractivity contribution >= 4 is 11.9 Å². The third-order valence-electron chi connectivity index (χ3n) is 7.99. The Labute approximate surface area is 245 Å². The second kappa shape index (κ2) is 17.0. The highest BCUT2D eigenvalue weighted by molar-refractivity contribution is 6.30. The second-order valence-corrected chi connectivity index (χ2v) is 11.7. The molecule has 0 aromatic heterocycles. The molecule has 1 aromatic rings. The number of benzene rings is 1. The minimum Gasteiger partial charge on any atom is -0.487 e. The molecule has 0 spiro atoms. The van der Waals surface area contributed by atoms with E-state index in [1.54, 1.807) is 7.11 Å². The third kappa shape index (κ3) is 10.2. The predicted octanol–water partition coefficient (Wildman–Crippen LogP) is 5.25. The maximum atomic E-state index is 12.8. The van der Waals surface area contributed by atoms with Gasteiger partial charge in [-0.15, -0.1) is 0 Å². The molecule has 0 N–H and O–H groups in total. The molecule has 1 saturated carbocycles. The summed E-state index contributed by atoms with van der Waals surface area (Å²) in [6.45, 7) is 11.6. The summed E-state index contributed by atoms with van der Waals surface area (Å²) >= 11 is 0. The number of esters is 2. The number of methoxy groups -OCH3 is 1. The van der Waals surface area contributed by atoms with E-state index < -0.39 is 11.9 Å². The Kier molecular flexibility index (Phi) is 13.8. The first kappa shape index (κ1) is 33.3. The molecular weight excluding hydrogens is 528 g/mol. The van der Waals surface area contributed by atoms with Gasteiger partial charge in [0.25, 0.3) is 0 Å². The van der Waals surface area contributed by atoms with Crippen molar-refractivity contribution in [3.05, 3.63) is 23.3 Å². The van der Waals surface area contributed by atoms with Crippen LogP contribution in [0.2, 0.25) is 0 Å². The van der Waals surface area contributed by atoms with Crippen LogP contribution in [0.1, 0.15) is 83.3 Å². The van der Waals surface area contributed by atoms with Gasteiger partial charge < -0.3 is 33.2 Å². The summed E-state index contributed by atoms with van der Waals surface area (Å²) in [5.74, 6) is 0.214. The van der Waals surface area contributed by atoms with Gasteiger partial charge in [0.05, 0.1) is 46.2 Å². The summed E-state index contributed by atoms with van der Waals surface area (Å²) in [6, 6.07) is 4.02. The van der Waals surface area contributed by atoms with E-state index in [0.717, 1.165) is 61.8 Å². The van der Waals surface area contributed by atoms with Gasteiger partial charge >= 0.3 is 11.9 Å². The SMILES string of the molecule is CCCCCc1cc(OC(=O)C(=O)OCCOCCOCCOCCOC)c2c(c1)OC(C)(C)C1CCC(C)C[C@@H]21. The molecule has 1 aliphatic heterocycles. The van der Waals surface area contributed by atoms with E-state index in [1.807, 2.05) is 6.07 Å². The Balaban J connectivity index is 1.55. The van der Waals surface area contributed by atoms with Gasteiger partial charge in [-0.2, -0.15) is 0 Å². The predicted molar refractivity (Wildman–Crippen MR) is 155 cm³/mol. The molecule has 1 heterocycles. The molecule has 2 aliphatic rings. The molecule has 1 aliphatic carbocycles. The molecule has 2 unspecified atom stereocenters. The molecule has 1 fully saturated rings. The van der Waals surface area contributed by atoms with Crippen LogP contribution in [-0.4, -0.2) is 77.5 Å². The van der Waals surface area contributed by atoms with Crippen molar-refractivity contribution in [1.29, 1.82) is 0 Å². The van der Waals surface area contributed by atoms with Gasteiger partial charge in [-0.05, 0) is 69.1 Å². The highest BCUT2D eigenvalue weighted by atomic mass is 16.6. The number of aryl methyl sites for hydroxylation is 1. The molecule has 0 saturated heterocycles. The Morgan fingerprint density at radius 1 is 0.902 bits per heavy atom. The number of carbonyl (C=O) groups is 2. The van der Waals surface area contributed by atoms with E-state index in [4.69, 9.17) is 33.2 Å². The molecule has 0 bridgehead atoms. The summed E-state index contributed by atoms with van der Waals surface area (Å²) in [7, 11) is 1.62. The molecule has 3 rings (SSSR count). The van der Waals surface area contributed by atoms with Crippen molar-refractivity contribution in [2.24, 2.45) is 11.8 Å². The van der Waals surface area contributed by atoms with E-state index in [1.165, 1.54) is 0 Å². The molecule has 9 heteroatoms. The van der Waals surface area contributed by atoms with Gasteiger partial charge in [-0.25, -0.2) is 9.59 Å². The van der Waals surface area contributed by atoms with Crippen molar-refractivity contribution in [3.63, 3.8) is 0 Å². The Hall–Kier alpha value is -2.20. The quantitative estimate of drug-likeness (QED) is 0.106. The third-order valence-corrected chi connectivity index (χ3v) is 7.99. The zero-order valence-electron chi connectivity index (χ0n) is 25.7. The summed E-state index contributed by atoms with van der Waals surface area (Å²) in [6.07, 6.45) is 7.32. The van der Waals surface area contributed by atoms with Crippen LogP contribution < -0.4 is 9.47 Å². The number of hydrogen-bond donors (Lipinski definition) is 0. The topological polar surface area (TPSA) is 98.8 Å². The number of ether oxygens (including phenoxy) is 7. The smallest absolute Gasteiger partial charge is 0.422 e. The minimum atomic E-state index is -1.03. The summed E-state index contributed by atoms with van der Waals surface area (Å²) in [5, 5.41) is 0. The van der Waals surface area contributed by atoms with Gasteiger partial charge in [-0.3, -0.25) is 0 Å². The summed E-state index contributed by atoms with van der Waals surface area (Å²) in [4.78, 5) is 25.3.